The first-order valence-electron chi connectivity index (χ1n) is 17.6. The van der Waals surface area contributed by atoms with Crippen LogP contribution in [-0.2, 0) is 30.4 Å². The minimum absolute atomic E-state index is 0. The van der Waals surface area contributed by atoms with Crippen molar-refractivity contribution in [3.63, 3.8) is 0 Å². The van der Waals surface area contributed by atoms with Crippen molar-refractivity contribution in [2.45, 2.75) is 14.7 Å². The van der Waals surface area contributed by atoms with Gasteiger partial charge in [0.2, 0.25) is 5.90 Å². The molecule has 0 saturated heterocycles. The van der Waals surface area contributed by atoms with Crippen molar-refractivity contribution in [1.29, 1.82) is 0 Å². The molecule has 21 nitrogen and oxygen atoms in total. The van der Waals surface area contributed by atoms with Crippen molar-refractivity contribution in [1.82, 2.24) is 0 Å². The molecule has 7 rings (SSSR count). The molecule has 0 aliphatic carbocycles. The maximum atomic E-state index is 12.5. The van der Waals surface area contributed by atoms with E-state index in [2.05, 4.69) is 35.7 Å². The zero-order chi connectivity index (χ0) is 45.4. The van der Waals surface area contributed by atoms with Crippen LogP contribution < -0.4 is 11.5 Å². The fourth-order valence-electron chi connectivity index (χ4n) is 6.03. The van der Waals surface area contributed by atoms with E-state index in [4.69, 9.17) is 11.5 Å². The monoisotopic (exact) mass is 934 g/mol. The van der Waals surface area contributed by atoms with Crippen LogP contribution in [0.25, 0.3) is 21.5 Å². The van der Waals surface area contributed by atoms with Gasteiger partial charge in [0, 0.05) is 46.2 Å². The van der Waals surface area contributed by atoms with E-state index < -0.39 is 85.2 Å². The van der Waals surface area contributed by atoms with Crippen LogP contribution in [0.2, 0.25) is 0 Å². The van der Waals surface area contributed by atoms with E-state index in [1.54, 1.807) is 18.2 Å². The molecule has 0 amide bonds. The number of aliphatic imine (C=N–C) groups is 1. The molecule has 0 saturated carbocycles. The molecular formula is C39H29N9NaO12S3. The summed E-state index contributed by atoms with van der Waals surface area (Å²) in [5.74, 6) is -1.96. The Morgan fingerprint density at radius 1 is 0.484 bits per heavy atom. The molecule has 0 bridgehead atoms. The smallest absolute Gasteiger partial charge is 0.296 e. The molecule has 0 aliphatic rings. The van der Waals surface area contributed by atoms with Crippen LogP contribution in [0.1, 0.15) is 5.56 Å². The summed E-state index contributed by atoms with van der Waals surface area (Å²) in [5, 5.41) is 56.0. The molecule has 321 valence electrons. The molecule has 0 spiro atoms. The first-order valence-corrected chi connectivity index (χ1v) is 21.9. The second-order valence-corrected chi connectivity index (χ2v) is 17.4. The number of benzene rings is 7. The Labute approximate surface area is 384 Å². The fourth-order valence-corrected chi connectivity index (χ4v) is 8.02. The maximum Gasteiger partial charge on any atom is 0.296 e. The van der Waals surface area contributed by atoms with E-state index in [-0.39, 0.29) is 85.1 Å². The zero-order valence-corrected chi connectivity index (χ0v) is 37.1. The molecule has 7 aromatic carbocycles. The summed E-state index contributed by atoms with van der Waals surface area (Å²) in [4.78, 5) is 1.59. The van der Waals surface area contributed by atoms with Crippen molar-refractivity contribution in [2.24, 2.45) is 35.7 Å². The van der Waals surface area contributed by atoms with Crippen LogP contribution in [0.15, 0.2) is 166 Å². The van der Waals surface area contributed by atoms with Gasteiger partial charge in [-0.05, 0) is 102 Å². The largest absolute Gasteiger partial charge is 0.505 e. The molecule has 25 heteroatoms. The summed E-state index contributed by atoms with van der Waals surface area (Å²) < 4.78 is 104. The van der Waals surface area contributed by atoms with Gasteiger partial charge in [-0.2, -0.15) is 40.6 Å². The van der Waals surface area contributed by atoms with E-state index >= 15 is 0 Å². The van der Waals surface area contributed by atoms with E-state index in [1.165, 1.54) is 78.9 Å². The van der Waals surface area contributed by atoms with Gasteiger partial charge in [0.25, 0.3) is 30.4 Å². The van der Waals surface area contributed by atoms with Gasteiger partial charge in [0.1, 0.15) is 31.7 Å². The van der Waals surface area contributed by atoms with E-state index in [0.717, 1.165) is 18.2 Å². The summed E-state index contributed by atoms with van der Waals surface area (Å²) in [5.41, 5.74) is 10.8. The summed E-state index contributed by atoms with van der Waals surface area (Å²) >= 11 is 0. The number of anilines is 2. The minimum atomic E-state index is -5.13. The summed E-state index contributed by atoms with van der Waals surface area (Å²) in [6.07, 6.45) is 0. The van der Waals surface area contributed by atoms with Crippen molar-refractivity contribution in [3.8, 4) is 11.5 Å². The molecule has 0 aromatic heterocycles. The number of aliphatic hydroxyl groups is 1. The average Bonchev–Trinajstić information content (AvgIpc) is 3.22. The molecule has 0 fully saturated rings. The van der Waals surface area contributed by atoms with Crippen molar-refractivity contribution in [3.05, 3.63) is 121 Å². The standard InChI is InChI=1S/C39H29N9O12S3.Na/c40-23-9-6-21-16-30(62(55,56)57)35(37(49)28(21)19-23)47-45-27-14-12-24(13-15-27)42-39(51)20-7-10-26(11-8-20)44-46-34-29(61(52,53)54)17-22-18-31(63(58,59)60)36(38(50)32(22)33(34)41)48-43-25-4-2-1-3-5-25;/h1-19,49-50H,40-41H2,(H,42,51)(H,52,53,54)(H,55,56,57)(H,58,59,60);. The second kappa shape index (κ2) is 18.2. The van der Waals surface area contributed by atoms with Crippen molar-refractivity contribution in [2.75, 3.05) is 11.5 Å². The fraction of sp³-hybridized carbons (Fsp3) is 0. The topological polar surface area (TPSA) is 362 Å². The number of aromatic hydroxyl groups is 2. The predicted octanol–water partition coefficient (Wildman–Crippen LogP) is 8.81. The third kappa shape index (κ3) is 10.0. The number of phenols is 2. The zero-order valence-electron chi connectivity index (χ0n) is 32.6. The van der Waals surface area contributed by atoms with E-state index in [1.807, 2.05) is 0 Å². The Balaban J connectivity index is 0.00000680. The average molecular weight is 935 g/mol. The van der Waals surface area contributed by atoms with Crippen LogP contribution in [-0.4, -0.2) is 89.7 Å². The first-order chi connectivity index (χ1) is 29.7. The summed E-state index contributed by atoms with van der Waals surface area (Å²) in [6, 6.07) is 26.2. The quantitative estimate of drug-likeness (QED) is 0.0150. The van der Waals surface area contributed by atoms with Crippen molar-refractivity contribution >= 4 is 139 Å². The van der Waals surface area contributed by atoms with Gasteiger partial charge in [-0.1, -0.05) is 24.3 Å². The van der Waals surface area contributed by atoms with E-state index in [9.17, 15) is 54.2 Å². The van der Waals surface area contributed by atoms with Crippen LogP contribution in [0.3, 0.4) is 0 Å². The third-order valence-corrected chi connectivity index (χ3v) is 11.6. The number of phenolic OH excluding ortho intramolecular Hbond substituents is 2. The minimum Gasteiger partial charge on any atom is -0.505 e. The van der Waals surface area contributed by atoms with Crippen LogP contribution in [0.4, 0.5) is 51.2 Å². The third-order valence-electron chi connectivity index (χ3n) is 8.99. The van der Waals surface area contributed by atoms with Gasteiger partial charge in [-0.3, -0.25) is 13.7 Å². The first kappa shape index (κ1) is 46.8. The number of azo groups is 3. The summed E-state index contributed by atoms with van der Waals surface area (Å²) in [7, 11) is -15.1. The second-order valence-electron chi connectivity index (χ2n) is 13.2. The number of hydrogen-bond acceptors (Lipinski definition) is 17. The predicted molar refractivity (Wildman–Crippen MR) is 236 cm³/mol. The Bertz CT molecular complexity index is 3470. The van der Waals surface area contributed by atoms with E-state index in [0.29, 0.717) is 0 Å². The van der Waals surface area contributed by atoms with Crippen LogP contribution in [0, 0.1) is 0 Å². The molecule has 7 aromatic rings. The Kier molecular flexibility index (Phi) is 13.3. The molecule has 64 heavy (non-hydrogen) atoms. The number of fused-ring (bicyclic) bond motifs is 2. The molecular weight excluding hydrogens is 906 g/mol. The summed E-state index contributed by atoms with van der Waals surface area (Å²) in [6.45, 7) is 0. The Morgan fingerprint density at radius 3 is 1.45 bits per heavy atom. The number of aliphatic hydroxyl groups excluding tert-OH is 1. The van der Waals surface area contributed by atoms with Gasteiger partial charge in [0.15, 0.2) is 11.5 Å². The number of nitrogen functional groups attached to an aromatic ring is 2. The molecule has 0 heterocycles. The Hall–Kier alpha value is -6.74. The van der Waals surface area contributed by atoms with Gasteiger partial charge >= 0.3 is 0 Å². The van der Waals surface area contributed by atoms with Crippen LogP contribution in [0.5, 0.6) is 11.5 Å². The normalized spacial score (nSPS) is 12.8. The Morgan fingerprint density at radius 2 is 0.922 bits per heavy atom. The number of nitrogens with two attached hydrogens (primary N) is 2. The van der Waals surface area contributed by atoms with Crippen molar-refractivity contribution < 1.29 is 54.2 Å². The molecule has 0 aliphatic heterocycles. The van der Waals surface area contributed by atoms with Gasteiger partial charge in [-0.25, -0.2) is 4.99 Å². The SMILES string of the molecule is Nc1ccc2cc(S(=O)(=O)O)c(N=Nc3ccc(N=C(O)c4ccc(N=Nc5c(S(=O)(=O)O)cc6cc(S(=O)(=O)O)c(N=Nc7ccccc7)c(O)c6c5N)cc4)cc3)c(O)c2c1.[Na]. The number of hydrogen-bond donors (Lipinski definition) is 8. The maximum absolute atomic E-state index is 12.5. The number of nitrogens with zero attached hydrogens (tertiary/aromatic N) is 7. The molecule has 10 N–H and O–H groups in total. The molecule has 0 unspecified atom stereocenters. The van der Waals surface area contributed by atoms with Crippen LogP contribution >= 0.6 is 0 Å². The van der Waals surface area contributed by atoms with Gasteiger partial charge < -0.3 is 26.8 Å². The molecule has 1 radical (unpaired) electrons. The van der Waals surface area contributed by atoms with Gasteiger partial charge in [-0.15, -0.1) is 15.3 Å². The molecule has 0 atom stereocenters. The number of rotatable bonds is 11. The van der Waals surface area contributed by atoms with Gasteiger partial charge in [0.05, 0.1) is 33.8 Å².